The molecular formula is C14H28N2. The molecule has 0 bridgehead atoms. The van der Waals surface area contributed by atoms with Crippen LogP contribution < -0.4 is 5.32 Å². The number of unbranched alkanes of at least 4 members (excludes halogenated alkanes) is 1. The van der Waals surface area contributed by atoms with Crippen LogP contribution in [0.2, 0.25) is 0 Å². The molecule has 94 valence electrons. The van der Waals surface area contributed by atoms with Crippen molar-refractivity contribution in [1.29, 1.82) is 0 Å². The van der Waals surface area contributed by atoms with Crippen LogP contribution >= 0.6 is 0 Å². The zero-order valence-electron chi connectivity index (χ0n) is 10.9. The van der Waals surface area contributed by atoms with Crippen molar-refractivity contribution in [2.24, 2.45) is 5.92 Å². The Morgan fingerprint density at radius 2 is 1.94 bits per heavy atom. The molecule has 2 nitrogen and oxygen atoms in total. The summed E-state index contributed by atoms with van der Waals surface area (Å²) >= 11 is 0. The van der Waals surface area contributed by atoms with Crippen LogP contribution in [0.4, 0.5) is 0 Å². The van der Waals surface area contributed by atoms with Crippen molar-refractivity contribution in [3.8, 4) is 0 Å². The van der Waals surface area contributed by atoms with E-state index in [4.69, 9.17) is 0 Å². The Hall–Kier alpha value is -0.0800. The standard InChI is InChI=1S/C14H28N2/c1-2-3-10-16(14-6-7-14)11-4-5-13-8-9-15-12-13/h13-15H,2-12H2,1H3. The third kappa shape index (κ3) is 4.06. The van der Waals surface area contributed by atoms with E-state index in [-0.39, 0.29) is 0 Å². The van der Waals surface area contributed by atoms with E-state index in [0.717, 1.165) is 12.0 Å². The predicted octanol–water partition coefficient (Wildman–Crippen LogP) is 2.64. The van der Waals surface area contributed by atoms with Gasteiger partial charge in [-0.2, -0.15) is 0 Å². The summed E-state index contributed by atoms with van der Waals surface area (Å²) in [6.07, 6.45) is 9.95. The van der Waals surface area contributed by atoms with E-state index >= 15 is 0 Å². The third-order valence-electron chi connectivity index (χ3n) is 4.08. The topological polar surface area (TPSA) is 15.3 Å². The van der Waals surface area contributed by atoms with Gasteiger partial charge in [0.15, 0.2) is 0 Å². The van der Waals surface area contributed by atoms with Gasteiger partial charge in [-0.05, 0) is 70.6 Å². The molecule has 1 aliphatic carbocycles. The fourth-order valence-corrected chi connectivity index (χ4v) is 2.82. The van der Waals surface area contributed by atoms with Crippen molar-refractivity contribution in [2.75, 3.05) is 26.2 Å². The molecule has 0 radical (unpaired) electrons. The minimum atomic E-state index is 0.966. The monoisotopic (exact) mass is 224 g/mol. The maximum absolute atomic E-state index is 3.47. The van der Waals surface area contributed by atoms with Crippen LogP contribution in [-0.2, 0) is 0 Å². The molecule has 2 aliphatic rings. The molecule has 1 aliphatic heterocycles. The van der Waals surface area contributed by atoms with Gasteiger partial charge >= 0.3 is 0 Å². The summed E-state index contributed by atoms with van der Waals surface area (Å²) in [6, 6.07) is 0.966. The molecule has 2 rings (SSSR count). The van der Waals surface area contributed by atoms with Crippen LogP contribution in [0.1, 0.15) is 51.9 Å². The largest absolute Gasteiger partial charge is 0.316 e. The summed E-state index contributed by atoms with van der Waals surface area (Å²) in [5, 5.41) is 3.47. The Morgan fingerprint density at radius 1 is 1.12 bits per heavy atom. The van der Waals surface area contributed by atoms with E-state index in [1.165, 1.54) is 71.1 Å². The fraction of sp³-hybridized carbons (Fsp3) is 1.00. The van der Waals surface area contributed by atoms with Crippen molar-refractivity contribution >= 4 is 0 Å². The number of nitrogens with one attached hydrogen (secondary N) is 1. The van der Waals surface area contributed by atoms with Gasteiger partial charge in [-0.1, -0.05) is 13.3 Å². The maximum Gasteiger partial charge on any atom is 0.00964 e. The fourth-order valence-electron chi connectivity index (χ4n) is 2.82. The normalized spacial score (nSPS) is 25.5. The molecule has 0 aromatic heterocycles. The molecule has 1 heterocycles. The zero-order chi connectivity index (χ0) is 11.2. The summed E-state index contributed by atoms with van der Waals surface area (Å²) in [5.74, 6) is 0.979. The van der Waals surface area contributed by atoms with Crippen molar-refractivity contribution in [1.82, 2.24) is 10.2 Å². The molecule has 1 saturated heterocycles. The van der Waals surface area contributed by atoms with Gasteiger partial charge in [-0.15, -0.1) is 0 Å². The van der Waals surface area contributed by atoms with Crippen LogP contribution in [0.5, 0.6) is 0 Å². The Bertz CT molecular complexity index is 183. The van der Waals surface area contributed by atoms with Crippen LogP contribution in [0.15, 0.2) is 0 Å². The smallest absolute Gasteiger partial charge is 0.00964 e. The van der Waals surface area contributed by atoms with Gasteiger partial charge in [0.05, 0.1) is 0 Å². The Balaban J connectivity index is 1.57. The molecule has 0 spiro atoms. The maximum atomic E-state index is 3.47. The molecular weight excluding hydrogens is 196 g/mol. The quantitative estimate of drug-likeness (QED) is 0.682. The SMILES string of the molecule is CCCCN(CCCC1CCNC1)C1CC1. The third-order valence-corrected chi connectivity index (χ3v) is 4.08. The van der Waals surface area contributed by atoms with Crippen molar-refractivity contribution in [3.63, 3.8) is 0 Å². The van der Waals surface area contributed by atoms with Gasteiger partial charge in [-0.3, -0.25) is 0 Å². The Labute approximate surface area is 101 Å². The van der Waals surface area contributed by atoms with E-state index in [0.29, 0.717) is 0 Å². The van der Waals surface area contributed by atoms with E-state index in [9.17, 15) is 0 Å². The Morgan fingerprint density at radius 3 is 2.56 bits per heavy atom. The summed E-state index contributed by atoms with van der Waals surface area (Å²) in [4.78, 5) is 2.76. The molecule has 0 aromatic carbocycles. The lowest BCUT2D eigenvalue weighted by Crippen LogP contribution is -2.28. The van der Waals surface area contributed by atoms with E-state index < -0.39 is 0 Å². The highest BCUT2D eigenvalue weighted by Crippen LogP contribution is 2.27. The lowest BCUT2D eigenvalue weighted by molar-refractivity contribution is 0.248. The summed E-state index contributed by atoms with van der Waals surface area (Å²) in [7, 11) is 0. The van der Waals surface area contributed by atoms with Gasteiger partial charge in [0.2, 0.25) is 0 Å². The van der Waals surface area contributed by atoms with Gasteiger partial charge in [-0.25, -0.2) is 0 Å². The summed E-state index contributed by atoms with van der Waals surface area (Å²) in [6.45, 7) is 7.55. The van der Waals surface area contributed by atoms with Gasteiger partial charge in [0, 0.05) is 6.04 Å². The molecule has 2 fully saturated rings. The van der Waals surface area contributed by atoms with Gasteiger partial charge in [0.25, 0.3) is 0 Å². The van der Waals surface area contributed by atoms with Crippen molar-refractivity contribution in [3.05, 3.63) is 0 Å². The zero-order valence-corrected chi connectivity index (χ0v) is 10.9. The van der Waals surface area contributed by atoms with Crippen LogP contribution in [-0.4, -0.2) is 37.1 Å². The lowest BCUT2D eigenvalue weighted by Gasteiger charge is -2.22. The van der Waals surface area contributed by atoms with Crippen molar-refractivity contribution in [2.45, 2.75) is 57.9 Å². The second-order valence-corrected chi connectivity index (χ2v) is 5.62. The predicted molar refractivity (Wildman–Crippen MR) is 69.7 cm³/mol. The molecule has 1 saturated carbocycles. The number of hydrogen-bond acceptors (Lipinski definition) is 2. The average Bonchev–Trinajstić information content (AvgIpc) is 3.01. The molecule has 0 amide bonds. The van der Waals surface area contributed by atoms with Crippen LogP contribution in [0.25, 0.3) is 0 Å². The second kappa shape index (κ2) is 6.61. The minimum absolute atomic E-state index is 0.966. The molecule has 2 heteroatoms. The summed E-state index contributed by atoms with van der Waals surface area (Å²) in [5.41, 5.74) is 0. The summed E-state index contributed by atoms with van der Waals surface area (Å²) < 4.78 is 0. The highest BCUT2D eigenvalue weighted by atomic mass is 15.2. The molecule has 16 heavy (non-hydrogen) atoms. The first-order valence-corrected chi connectivity index (χ1v) is 7.35. The van der Waals surface area contributed by atoms with E-state index in [2.05, 4.69) is 17.1 Å². The van der Waals surface area contributed by atoms with E-state index in [1.807, 2.05) is 0 Å². The van der Waals surface area contributed by atoms with Gasteiger partial charge in [0.1, 0.15) is 0 Å². The van der Waals surface area contributed by atoms with Crippen molar-refractivity contribution < 1.29 is 0 Å². The molecule has 1 atom stereocenters. The number of hydrogen-bond donors (Lipinski definition) is 1. The first kappa shape index (κ1) is 12.4. The van der Waals surface area contributed by atoms with Crippen LogP contribution in [0.3, 0.4) is 0 Å². The number of rotatable bonds is 8. The molecule has 0 aromatic rings. The molecule has 1 N–H and O–H groups in total. The van der Waals surface area contributed by atoms with E-state index in [1.54, 1.807) is 0 Å². The number of nitrogens with zero attached hydrogens (tertiary/aromatic N) is 1. The highest BCUT2D eigenvalue weighted by molar-refractivity contribution is 4.84. The molecule has 1 unspecified atom stereocenters. The lowest BCUT2D eigenvalue weighted by atomic mass is 10.0. The average molecular weight is 224 g/mol. The van der Waals surface area contributed by atoms with Gasteiger partial charge < -0.3 is 10.2 Å². The second-order valence-electron chi connectivity index (χ2n) is 5.62. The van der Waals surface area contributed by atoms with Crippen LogP contribution in [0, 0.1) is 5.92 Å². The first-order valence-electron chi connectivity index (χ1n) is 7.35. The minimum Gasteiger partial charge on any atom is -0.316 e. The highest BCUT2D eigenvalue weighted by Gasteiger charge is 2.28. The first-order chi connectivity index (χ1) is 7.90. The Kier molecular flexibility index (Phi) is 5.11.